The summed E-state index contributed by atoms with van der Waals surface area (Å²) in [5, 5.41) is 0.952. The Balaban J connectivity index is 1.46. The molecule has 2 heterocycles. The quantitative estimate of drug-likeness (QED) is 0.672. The molecule has 154 valence electrons. The molecule has 0 atom stereocenters. The Morgan fingerprint density at radius 1 is 0.900 bits per heavy atom. The van der Waals surface area contributed by atoms with Crippen molar-refractivity contribution in [3.63, 3.8) is 0 Å². The zero-order valence-corrected chi connectivity index (χ0v) is 17.5. The largest absolute Gasteiger partial charge is 0.496 e. The molecule has 0 N–H and O–H groups in total. The van der Waals surface area contributed by atoms with E-state index in [1.165, 1.54) is 0 Å². The van der Waals surface area contributed by atoms with Crippen LogP contribution in [0.4, 0.5) is 0 Å². The Morgan fingerprint density at radius 2 is 1.57 bits per heavy atom. The van der Waals surface area contributed by atoms with Gasteiger partial charge in [0, 0.05) is 37.1 Å². The SMILES string of the molecule is COc1cc(C(=O)N2CCN(C(=O)c3cc4ccccc4nc3C)CC2)ccc1C. The lowest BCUT2D eigenvalue weighted by Gasteiger charge is -2.35. The number of carbonyl (C=O) groups excluding carboxylic acids is 2. The maximum atomic E-state index is 13.1. The summed E-state index contributed by atoms with van der Waals surface area (Å²) in [5.74, 6) is 0.632. The number of aromatic nitrogens is 1. The fourth-order valence-electron chi connectivity index (χ4n) is 3.85. The molecule has 0 saturated carbocycles. The Hall–Kier alpha value is -3.41. The minimum absolute atomic E-state index is 0.0325. The van der Waals surface area contributed by atoms with E-state index in [9.17, 15) is 9.59 Å². The third kappa shape index (κ3) is 3.73. The van der Waals surface area contributed by atoms with Crippen molar-refractivity contribution in [2.75, 3.05) is 33.3 Å². The Morgan fingerprint density at radius 3 is 2.27 bits per heavy atom. The molecule has 1 aliphatic heterocycles. The zero-order chi connectivity index (χ0) is 21.3. The number of amides is 2. The number of ether oxygens (including phenoxy) is 1. The number of benzene rings is 2. The fourth-order valence-corrected chi connectivity index (χ4v) is 3.85. The van der Waals surface area contributed by atoms with E-state index >= 15 is 0 Å². The number of nitrogens with zero attached hydrogens (tertiary/aromatic N) is 3. The van der Waals surface area contributed by atoms with E-state index in [4.69, 9.17) is 4.74 Å². The van der Waals surface area contributed by atoms with Crippen LogP contribution in [0.2, 0.25) is 0 Å². The van der Waals surface area contributed by atoms with Gasteiger partial charge in [0.2, 0.25) is 0 Å². The molecule has 6 heteroatoms. The summed E-state index contributed by atoms with van der Waals surface area (Å²) >= 11 is 0. The van der Waals surface area contributed by atoms with Gasteiger partial charge in [-0.25, -0.2) is 0 Å². The zero-order valence-electron chi connectivity index (χ0n) is 17.5. The van der Waals surface area contributed by atoms with Gasteiger partial charge in [-0.15, -0.1) is 0 Å². The van der Waals surface area contributed by atoms with Crippen LogP contribution >= 0.6 is 0 Å². The molecular formula is C24H25N3O3. The van der Waals surface area contributed by atoms with Crippen LogP contribution in [-0.4, -0.2) is 59.9 Å². The molecule has 0 unspecified atom stereocenters. The van der Waals surface area contributed by atoms with Gasteiger partial charge in [0.25, 0.3) is 11.8 Å². The smallest absolute Gasteiger partial charge is 0.255 e. The first-order chi connectivity index (χ1) is 14.5. The molecule has 0 aliphatic carbocycles. The number of rotatable bonds is 3. The highest BCUT2D eigenvalue weighted by atomic mass is 16.5. The lowest BCUT2D eigenvalue weighted by atomic mass is 10.1. The number of hydrogen-bond donors (Lipinski definition) is 0. The molecule has 0 bridgehead atoms. The first-order valence-electron chi connectivity index (χ1n) is 10.1. The second-order valence-corrected chi connectivity index (χ2v) is 7.58. The van der Waals surface area contributed by atoms with Gasteiger partial charge in [0.1, 0.15) is 5.75 Å². The molecule has 2 aromatic carbocycles. The summed E-state index contributed by atoms with van der Waals surface area (Å²) in [4.78, 5) is 34.1. The average Bonchev–Trinajstić information content (AvgIpc) is 2.78. The molecule has 1 aliphatic rings. The van der Waals surface area contributed by atoms with Crippen LogP contribution in [0.3, 0.4) is 0 Å². The third-order valence-corrected chi connectivity index (χ3v) is 5.65. The number of pyridine rings is 1. The van der Waals surface area contributed by atoms with Gasteiger partial charge in [-0.1, -0.05) is 24.3 Å². The van der Waals surface area contributed by atoms with Crippen LogP contribution in [0.5, 0.6) is 5.75 Å². The molecule has 6 nitrogen and oxygen atoms in total. The van der Waals surface area contributed by atoms with Crippen LogP contribution in [-0.2, 0) is 0 Å². The molecule has 4 rings (SSSR count). The monoisotopic (exact) mass is 403 g/mol. The number of carbonyl (C=O) groups is 2. The van der Waals surface area contributed by atoms with Crippen molar-refractivity contribution in [3.05, 3.63) is 70.9 Å². The van der Waals surface area contributed by atoms with E-state index in [-0.39, 0.29) is 11.8 Å². The summed E-state index contributed by atoms with van der Waals surface area (Å²) < 4.78 is 5.33. The molecule has 0 spiro atoms. The number of para-hydroxylation sites is 1. The van der Waals surface area contributed by atoms with Gasteiger partial charge in [-0.3, -0.25) is 14.6 Å². The predicted molar refractivity (Wildman–Crippen MR) is 116 cm³/mol. The van der Waals surface area contributed by atoms with Crippen molar-refractivity contribution in [1.29, 1.82) is 0 Å². The fraction of sp³-hybridized carbons (Fsp3) is 0.292. The topological polar surface area (TPSA) is 62.7 Å². The molecule has 3 aromatic rings. The summed E-state index contributed by atoms with van der Waals surface area (Å²) in [5.41, 5.74) is 3.83. The summed E-state index contributed by atoms with van der Waals surface area (Å²) in [6, 6.07) is 15.2. The lowest BCUT2D eigenvalue weighted by molar-refractivity contribution is 0.0534. The second-order valence-electron chi connectivity index (χ2n) is 7.58. The van der Waals surface area contributed by atoms with Crippen molar-refractivity contribution in [3.8, 4) is 5.75 Å². The van der Waals surface area contributed by atoms with Crippen LogP contribution in [0.15, 0.2) is 48.5 Å². The summed E-state index contributed by atoms with van der Waals surface area (Å²) in [6.45, 7) is 5.81. The minimum atomic E-state index is -0.0380. The van der Waals surface area contributed by atoms with Crippen LogP contribution < -0.4 is 4.74 Å². The van der Waals surface area contributed by atoms with Gasteiger partial charge >= 0.3 is 0 Å². The molecule has 1 aromatic heterocycles. The molecule has 0 radical (unpaired) electrons. The van der Waals surface area contributed by atoms with E-state index in [1.54, 1.807) is 23.0 Å². The van der Waals surface area contributed by atoms with Crippen LogP contribution in [0, 0.1) is 13.8 Å². The van der Waals surface area contributed by atoms with E-state index in [1.807, 2.05) is 56.3 Å². The highest BCUT2D eigenvalue weighted by molar-refractivity contribution is 5.99. The molecular weight excluding hydrogens is 378 g/mol. The first-order valence-corrected chi connectivity index (χ1v) is 10.1. The van der Waals surface area contributed by atoms with Crippen molar-refractivity contribution in [2.24, 2.45) is 0 Å². The van der Waals surface area contributed by atoms with Crippen molar-refractivity contribution < 1.29 is 14.3 Å². The Kier molecular flexibility index (Phi) is 5.40. The number of piperazine rings is 1. The summed E-state index contributed by atoms with van der Waals surface area (Å²) in [6.07, 6.45) is 0. The molecule has 30 heavy (non-hydrogen) atoms. The van der Waals surface area contributed by atoms with Gasteiger partial charge in [0.15, 0.2) is 0 Å². The maximum Gasteiger partial charge on any atom is 0.255 e. The maximum absolute atomic E-state index is 13.1. The van der Waals surface area contributed by atoms with Crippen LogP contribution in [0.1, 0.15) is 32.0 Å². The summed E-state index contributed by atoms with van der Waals surface area (Å²) in [7, 11) is 1.60. The number of aryl methyl sites for hydroxylation is 2. The van der Waals surface area contributed by atoms with E-state index in [0.717, 1.165) is 22.2 Å². The van der Waals surface area contributed by atoms with Gasteiger partial charge in [-0.2, -0.15) is 0 Å². The van der Waals surface area contributed by atoms with Crippen molar-refractivity contribution >= 4 is 22.7 Å². The normalized spacial score (nSPS) is 14.1. The third-order valence-electron chi connectivity index (χ3n) is 5.65. The Labute approximate surface area is 176 Å². The number of hydrogen-bond acceptors (Lipinski definition) is 4. The molecule has 1 fully saturated rings. The van der Waals surface area contributed by atoms with E-state index < -0.39 is 0 Å². The van der Waals surface area contributed by atoms with Gasteiger partial charge in [0.05, 0.1) is 23.9 Å². The van der Waals surface area contributed by atoms with E-state index in [2.05, 4.69) is 4.98 Å². The predicted octanol–water partition coefficient (Wildman–Crippen LogP) is 3.46. The average molecular weight is 403 g/mol. The first kappa shape index (κ1) is 19.9. The van der Waals surface area contributed by atoms with Crippen LogP contribution in [0.25, 0.3) is 10.9 Å². The van der Waals surface area contributed by atoms with E-state index in [0.29, 0.717) is 43.1 Å². The number of methoxy groups -OCH3 is 1. The number of fused-ring (bicyclic) bond motifs is 1. The van der Waals surface area contributed by atoms with Gasteiger partial charge < -0.3 is 14.5 Å². The highest BCUT2D eigenvalue weighted by Crippen LogP contribution is 2.22. The van der Waals surface area contributed by atoms with Gasteiger partial charge in [-0.05, 0) is 43.7 Å². The second kappa shape index (κ2) is 8.14. The molecule has 1 saturated heterocycles. The van der Waals surface area contributed by atoms with Crippen molar-refractivity contribution in [1.82, 2.24) is 14.8 Å². The standard InChI is InChI=1S/C24H25N3O3/c1-16-8-9-19(15-22(16)30-3)23(28)26-10-12-27(13-11-26)24(29)20-14-18-6-4-5-7-21(18)25-17(20)2/h4-9,14-15H,10-13H2,1-3H3. The molecule has 2 amide bonds. The minimum Gasteiger partial charge on any atom is -0.496 e. The Bertz CT molecular complexity index is 1120. The highest BCUT2D eigenvalue weighted by Gasteiger charge is 2.27. The lowest BCUT2D eigenvalue weighted by Crippen LogP contribution is -2.50. The van der Waals surface area contributed by atoms with Crippen molar-refractivity contribution in [2.45, 2.75) is 13.8 Å².